The topological polar surface area (TPSA) is 74.2 Å². The highest BCUT2D eigenvalue weighted by Gasteiger charge is 2.21. The standard InChI is InChI=1S/C24H17NO3/c1-15(22-23(26)20-4-2-3-5-21(20)28-24(22)27)17-10-12-19(13-11-17)18-8-6-16(14-25)7-9-18/h2-13,15,26H,1H3. The third-order valence-corrected chi connectivity index (χ3v) is 5.01. The molecule has 0 bridgehead atoms. The van der Waals surface area contributed by atoms with Crippen LogP contribution in [0.2, 0.25) is 0 Å². The number of aromatic hydroxyl groups is 1. The second-order valence-corrected chi connectivity index (χ2v) is 6.68. The average molecular weight is 367 g/mol. The number of hydrogen-bond donors (Lipinski definition) is 1. The molecule has 0 saturated heterocycles. The first kappa shape index (κ1) is 17.6. The van der Waals surface area contributed by atoms with E-state index in [1.807, 2.05) is 43.3 Å². The molecule has 28 heavy (non-hydrogen) atoms. The monoisotopic (exact) mass is 367 g/mol. The Morgan fingerprint density at radius 3 is 2.18 bits per heavy atom. The van der Waals surface area contributed by atoms with Gasteiger partial charge in [-0.2, -0.15) is 5.26 Å². The van der Waals surface area contributed by atoms with E-state index in [2.05, 4.69) is 6.07 Å². The summed E-state index contributed by atoms with van der Waals surface area (Å²) in [5.74, 6) is -0.355. The van der Waals surface area contributed by atoms with Crippen LogP contribution in [0.25, 0.3) is 22.1 Å². The van der Waals surface area contributed by atoms with Crippen LogP contribution in [0.4, 0.5) is 0 Å². The summed E-state index contributed by atoms with van der Waals surface area (Å²) < 4.78 is 5.39. The van der Waals surface area contributed by atoms with Crippen molar-refractivity contribution in [3.63, 3.8) is 0 Å². The molecular weight excluding hydrogens is 350 g/mol. The van der Waals surface area contributed by atoms with Crippen LogP contribution in [0, 0.1) is 11.3 Å². The van der Waals surface area contributed by atoms with Crippen molar-refractivity contribution in [2.45, 2.75) is 12.8 Å². The van der Waals surface area contributed by atoms with E-state index in [1.54, 1.807) is 36.4 Å². The van der Waals surface area contributed by atoms with E-state index in [4.69, 9.17) is 9.68 Å². The number of hydrogen-bond acceptors (Lipinski definition) is 4. The van der Waals surface area contributed by atoms with E-state index >= 15 is 0 Å². The molecule has 0 saturated carbocycles. The predicted octanol–water partition coefficient (Wildman–Crippen LogP) is 5.19. The molecule has 4 heteroatoms. The van der Waals surface area contributed by atoms with Crippen LogP contribution in [-0.2, 0) is 0 Å². The maximum absolute atomic E-state index is 12.5. The van der Waals surface area contributed by atoms with Crippen molar-refractivity contribution in [3.05, 3.63) is 99.9 Å². The highest BCUT2D eigenvalue weighted by molar-refractivity contribution is 5.84. The first-order chi connectivity index (χ1) is 13.6. The molecule has 4 aromatic rings. The minimum absolute atomic E-state index is 0.0319. The highest BCUT2D eigenvalue weighted by atomic mass is 16.4. The molecule has 3 aromatic carbocycles. The van der Waals surface area contributed by atoms with Crippen molar-refractivity contribution in [1.82, 2.24) is 0 Å². The fraction of sp³-hybridized carbons (Fsp3) is 0.0833. The van der Waals surface area contributed by atoms with Gasteiger partial charge in [-0.3, -0.25) is 0 Å². The lowest BCUT2D eigenvalue weighted by atomic mass is 9.91. The van der Waals surface area contributed by atoms with Crippen molar-refractivity contribution < 1.29 is 9.52 Å². The predicted molar refractivity (Wildman–Crippen MR) is 108 cm³/mol. The zero-order chi connectivity index (χ0) is 19.7. The normalized spacial score (nSPS) is 11.9. The van der Waals surface area contributed by atoms with Gasteiger partial charge >= 0.3 is 5.63 Å². The van der Waals surface area contributed by atoms with Crippen LogP contribution < -0.4 is 5.63 Å². The first-order valence-electron chi connectivity index (χ1n) is 8.93. The van der Waals surface area contributed by atoms with Crippen molar-refractivity contribution in [1.29, 1.82) is 5.26 Å². The Labute approximate surface area is 161 Å². The summed E-state index contributed by atoms with van der Waals surface area (Å²) in [6, 6.07) is 24.2. The Morgan fingerprint density at radius 2 is 1.54 bits per heavy atom. The molecule has 1 N–H and O–H groups in total. The molecule has 1 atom stereocenters. The molecular formula is C24H17NO3. The van der Waals surface area contributed by atoms with E-state index < -0.39 is 5.63 Å². The van der Waals surface area contributed by atoms with Gasteiger partial charge in [0.1, 0.15) is 11.3 Å². The summed E-state index contributed by atoms with van der Waals surface area (Å²) in [5, 5.41) is 20.1. The van der Waals surface area contributed by atoms with E-state index in [9.17, 15) is 9.90 Å². The van der Waals surface area contributed by atoms with Crippen molar-refractivity contribution in [2.24, 2.45) is 0 Å². The quantitative estimate of drug-likeness (QED) is 0.506. The van der Waals surface area contributed by atoms with Crippen LogP contribution in [-0.4, -0.2) is 5.11 Å². The maximum Gasteiger partial charge on any atom is 0.343 e. The van der Waals surface area contributed by atoms with Gasteiger partial charge in [-0.25, -0.2) is 4.79 Å². The lowest BCUT2D eigenvalue weighted by Gasteiger charge is -2.14. The molecule has 1 heterocycles. The van der Waals surface area contributed by atoms with Crippen LogP contribution in [0.15, 0.2) is 82.0 Å². The Hall–Kier alpha value is -3.84. The van der Waals surface area contributed by atoms with E-state index in [0.29, 0.717) is 16.5 Å². The number of para-hydroxylation sites is 1. The molecule has 4 rings (SSSR count). The van der Waals surface area contributed by atoms with Gasteiger partial charge in [0.15, 0.2) is 0 Å². The molecule has 1 aromatic heterocycles. The SMILES string of the molecule is CC(c1ccc(-c2ccc(C#N)cc2)cc1)c1c(O)c2ccccc2oc1=O. The Bertz CT molecular complexity index is 1250. The van der Waals surface area contributed by atoms with Gasteiger partial charge in [0.2, 0.25) is 0 Å². The number of benzene rings is 3. The third-order valence-electron chi connectivity index (χ3n) is 5.01. The van der Waals surface area contributed by atoms with Gasteiger partial charge in [0, 0.05) is 5.92 Å². The number of nitrogens with zero attached hydrogens (tertiary/aromatic N) is 1. The second-order valence-electron chi connectivity index (χ2n) is 6.68. The van der Waals surface area contributed by atoms with Gasteiger partial charge < -0.3 is 9.52 Å². The van der Waals surface area contributed by atoms with Gasteiger partial charge in [-0.1, -0.05) is 55.5 Å². The van der Waals surface area contributed by atoms with E-state index in [0.717, 1.165) is 16.7 Å². The number of rotatable bonds is 3. The molecule has 0 aliphatic carbocycles. The van der Waals surface area contributed by atoms with Crippen molar-refractivity contribution >= 4 is 11.0 Å². The van der Waals surface area contributed by atoms with Gasteiger partial charge in [0.05, 0.1) is 22.6 Å². The average Bonchev–Trinajstić information content (AvgIpc) is 2.74. The zero-order valence-corrected chi connectivity index (χ0v) is 15.2. The van der Waals surface area contributed by atoms with Gasteiger partial charge in [-0.15, -0.1) is 0 Å². The highest BCUT2D eigenvalue weighted by Crippen LogP contribution is 2.34. The van der Waals surface area contributed by atoms with E-state index in [-0.39, 0.29) is 17.2 Å². The summed E-state index contributed by atoms with van der Waals surface area (Å²) in [6.07, 6.45) is 0. The molecule has 0 fully saturated rings. The number of nitriles is 1. The van der Waals surface area contributed by atoms with Crippen LogP contribution in [0.3, 0.4) is 0 Å². The Balaban J connectivity index is 1.71. The Morgan fingerprint density at radius 1 is 0.929 bits per heavy atom. The maximum atomic E-state index is 12.5. The van der Waals surface area contributed by atoms with E-state index in [1.165, 1.54) is 0 Å². The Kier molecular flexibility index (Phi) is 4.42. The fourth-order valence-corrected chi connectivity index (χ4v) is 3.40. The molecule has 0 aliphatic rings. The molecule has 4 nitrogen and oxygen atoms in total. The second kappa shape index (κ2) is 7.05. The molecule has 0 radical (unpaired) electrons. The largest absolute Gasteiger partial charge is 0.507 e. The third kappa shape index (κ3) is 3.04. The minimum atomic E-state index is -0.528. The summed E-state index contributed by atoms with van der Waals surface area (Å²) in [6.45, 7) is 1.87. The number of fused-ring (bicyclic) bond motifs is 1. The molecule has 0 aliphatic heterocycles. The molecule has 1 unspecified atom stereocenters. The fourth-order valence-electron chi connectivity index (χ4n) is 3.40. The summed E-state index contributed by atoms with van der Waals surface area (Å²) in [5.41, 5.74) is 3.63. The van der Waals surface area contributed by atoms with Gasteiger partial charge in [-0.05, 0) is 41.0 Å². The minimum Gasteiger partial charge on any atom is -0.507 e. The lowest BCUT2D eigenvalue weighted by Crippen LogP contribution is -2.12. The lowest BCUT2D eigenvalue weighted by molar-refractivity contribution is 0.453. The smallest absolute Gasteiger partial charge is 0.343 e. The van der Waals surface area contributed by atoms with Crippen molar-refractivity contribution in [3.8, 4) is 22.9 Å². The van der Waals surface area contributed by atoms with Crippen molar-refractivity contribution in [2.75, 3.05) is 0 Å². The summed E-state index contributed by atoms with van der Waals surface area (Å²) in [4.78, 5) is 12.5. The van der Waals surface area contributed by atoms with Crippen LogP contribution in [0.5, 0.6) is 5.75 Å². The zero-order valence-electron chi connectivity index (χ0n) is 15.2. The molecule has 0 amide bonds. The van der Waals surface area contributed by atoms with Crippen LogP contribution in [0.1, 0.15) is 29.5 Å². The van der Waals surface area contributed by atoms with Gasteiger partial charge in [0.25, 0.3) is 0 Å². The van der Waals surface area contributed by atoms with Crippen LogP contribution >= 0.6 is 0 Å². The summed E-state index contributed by atoms with van der Waals surface area (Å²) in [7, 11) is 0. The molecule has 136 valence electrons. The molecule has 0 spiro atoms. The summed E-state index contributed by atoms with van der Waals surface area (Å²) >= 11 is 0. The first-order valence-corrected chi connectivity index (χ1v) is 8.93.